The third kappa shape index (κ3) is 5.35. The second-order valence-corrected chi connectivity index (χ2v) is 7.35. The summed E-state index contributed by atoms with van der Waals surface area (Å²) in [6.45, 7) is 5.01. The predicted octanol–water partition coefficient (Wildman–Crippen LogP) is 3.57. The Kier molecular flexibility index (Phi) is 6.88. The lowest BCUT2D eigenvalue weighted by Gasteiger charge is -2.25. The summed E-state index contributed by atoms with van der Waals surface area (Å²) in [6.07, 6.45) is 1.82. The van der Waals surface area contributed by atoms with E-state index in [0.717, 1.165) is 29.7 Å². The molecule has 0 aliphatic carbocycles. The first-order chi connectivity index (χ1) is 14.0. The summed E-state index contributed by atoms with van der Waals surface area (Å²) in [5, 5.41) is 2.94. The third-order valence-electron chi connectivity index (χ3n) is 5.27. The van der Waals surface area contributed by atoms with Crippen molar-refractivity contribution in [2.24, 2.45) is 0 Å². The number of carbonyl (C=O) groups is 2. The van der Waals surface area contributed by atoms with E-state index in [9.17, 15) is 9.59 Å². The molecular formula is C23H28N2O4. The molecule has 1 N–H and O–H groups in total. The van der Waals surface area contributed by atoms with Crippen LogP contribution in [0.5, 0.6) is 5.75 Å². The van der Waals surface area contributed by atoms with Gasteiger partial charge in [-0.1, -0.05) is 18.2 Å². The largest absolute Gasteiger partial charge is 0.497 e. The number of nitrogens with zero attached hydrogens (tertiary/aromatic N) is 1. The maximum atomic E-state index is 13.1. The number of hydrogen-bond acceptors (Lipinski definition) is 4. The maximum Gasteiger partial charge on any atom is 0.254 e. The molecule has 1 atom stereocenters. The summed E-state index contributed by atoms with van der Waals surface area (Å²) >= 11 is 0. The molecule has 6 nitrogen and oxygen atoms in total. The molecule has 2 aromatic carbocycles. The van der Waals surface area contributed by atoms with Gasteiger partial charge in [0, 0.05) is 24.4 Å². The first-order valence-corrected chi connectivity index (χ1v) is 9.89. The third-order valence-corrected chi connectivity index (χ3v) is 5.27. The number of hydrogen-bond donors (Lipinski definition) is 1. The Morgan fingerprint density at radius 1 is 1.21 bits per heavy atom. The van der Waals surface area contributed by atoms with Crippen molar-refractivity contribution >= 4 is 17.5 Å². The molecule has 29 heavy (non-hydrogen) atoms. The van der Waals surface area contributed by atoms with Crippen molar-refractivity contribution in [3.05, 3.63) is 59.2 Å². The van der Waals surface area contributed by atoms with Crippen molar-refractivity contribution in [1.29, 1.82) is 0 Å². The van der Waals surface area contributed by atoms with Gasteiger partial charge < -0.3 is 19.7 Å². The molecule has 6 heteroatoms. The zero-order chi connectivity index (χ0) is 20.8. The van der Waals surface area contributed by atoms with Gasteiger partial charge in [-0.05, 0) is 62.1 Å². The van der Waals surface area contributed by atoms with Gasteiger partial charge in [0.2, 0.25) is 5.91 Å². The van der Waals surface area contributed by atoms with E-state index in [-0.39, 0.29) is 24.5 Å². The van der Waals surface area contributed by atoms with Crippen LogP contribution >= 0.6 is 0 Å². The quantitative estimate of drug-likeness (QED) is 0.777. The number of methoxy groups -OCH3 is 1. The molecule has 1 aliphatic heterocycles. The first kappa shape index (κ1) is 20.9. The molecule has 0 saturated carbocycles. The zero-order valence-electron chi connectivity index (χ0n) is 17.2. The Balaban J connectivity index is 1.76. The highest BCUT2D eigenvalue weighted by Crippen LogP contribution is 2.20. The van der Waals surface area contributed by atoms with Crippen molar-refractivity contribution < 1.29 is 19.1 Å². The summed E-state index contributed by atoms with van der Waals surface area (Å²) in [4.78, 5) is 27.5. The molecule has 1 fully saturated rings. The Labute approximate surface area is 171 Å². The summed E-state index contributed by atoms with van der Waals surface area (Å²) in [7, 11) is 1.56. The standard InChI is InChI=1S/C23H28N2O4/c1-16-7-4-11-21(17(16)2)24-22(26)15-25(14-20-10-6-12-29-20)23(27)18-8-5-9-19(13-18)28-3/h4-5,7-9,11,13,20H,6,10,12,14-15H2,1-3H3,(H,24,26)/t20-/m1/s1. The van der Waals surface area contributed by atoms with Gasteiger partial charge in [-0.2, -0.15) is 0 Å². The van der Waals surface area contributed by atoms with Crippen LogP contribution in [0.3, 0.4) is 0 Å². The number of anilines is 1. The number of nitrogens with one attached hydrogen (secondary N) is 1. The molecule has 0 unspecified atom stereocenters. The Morgan fingerprint density at radius 3 is 2.72 bits per heavy atom. The summed E-state index contributed by atoms with van der Waals surface area (Å²) in [5.41, 5.74) is 3.37. The fourth-order valence-corrected chi connectivity index (χ4v) is 3.44. The number of carbonyl (C=O) groups excluding carboxylic acids is 2. The van der Waals surface area contributed by atoms with Crippen molar-refractivity contribution in [3.63, 3.8) is 0 Å². The second-order valence-electron chi connectivity index (χ2n) is 7.35. The molecule has 0 aromatic heterocycles. The lowest BCUT2D eigenvalue weighted by Crippen LogP contribution is -2.42. The molecule has 2 aromatic rings. The van der Waals surface area contributed by atoms with Crippen LogP contribution < -0.4 is 10.1 Å². The lowest BCUT2D eigenvalue weighted by atomic mass is 10.1. The molecule has 3 rings (SSSR count). The minimum absolute atomic E-state index is 0.0384. The van der Waals surface area contributed by atoms with E-state index >= 15 is 0 Å². The maximum absolute atomic E-state index is 13.1. The highest BCUT2D eigenvalue weighted by molar-refractivity contribution is 5.99. The van der Waals surface area contributed by atoms with Crippen molar-refractivity contribution in [2.75, 3.05) is 32.1 Å². The van der Waals surface area contributed by atoms with Crippen LogP contribution in [0.15, 0.2) is 42.5 Å². The van der Waals surface area contributed by atoms with Gasteiger partial charge >= 0.3 is 0 Å². The summed E-state index contributed by atoms with van der Waals surface area (Å²) < 4.78 is 10.9. The van der Waals surface area contributed by atoms with E-state index in [1.165, 1.54) is 0 Å². The van der Waals surface area contributed by atoms with Gasteiger partial charge in [0.25, 0.3) is 5.91 Å². The topological polar surface area (TPSA) is 67.9 Å². The van der Waals surface area contributed by atoms with E-state index < -0.39 is 0 Å². The van der Waals surface area contributed by atoms with E-state index in [0.29, 0.717) is 24.5 Å². The SMILES string of the molecule is COc1cccc(C(=O)N(CC(=O)Nc2cccc(C)c2C)C[C@H]2CCCO2)c1. The smallest absolute Gasteiger partial charge is 0.254 e. The van der Waals surface area contributed by atoms with Crippen molar-refractivity contribution in [1.82, 2.24) is 4.90 Å². The summed E-state index contributed by atoms with van der Waals surface area (Å²) in [6, 6.07) is 12.8. The predicted molar refractivity (Wildman–Crippen MR) is 112 cm³/mol. The Bertz CT molecular complexity index is 875. The van der Waals surface area contributed by atoms with E-state index in [4.69, 9.17) is 9.47 Å². The molecule has 154 valence electrons. The molecule has 2 amide bonds. The van der Waals surface area contributed by atoms with Crippen LogP contribution in [0.2, 0.25) is 0 Å². The summed E-state index contributed by atoms with van der Waals surface area (Å²) in [5.74, 6) is 0.163. The van der Waals surface area contributed by atoms with Gasteiger partial charge in [0.1, 0.15) is 12.3 Å². The molecular weight excluding hydrogens is 368 g/mol. The Hall–Kier alpha value is -2.86. The number of rotatable bonds is 7. The number of benzene rings is 2. The molecule has 1 aliphatic rings. The van der Waals surface area contributed by atoms with Gasteiger partial charge in [0.15, 0.2) is 0 Å². The van der Waals surface area contributed by atoms with Crippen LogP contribution in [0.25, 0.3) is 0 Å². The monoisotopic (exact) mass is 396 g/mol. The molecule has 0 spiro atoms. The van der Waals surface area contributed by atoms with Crippen molar-refractivity contribution in [3.8, 4) is 5.75 Å². The second kappa shape index (κ2) is 9.56. The molecule has 0 radical (unpaired) electrons. The number of ether oxygens (including phenoxy) is 2. The van der Waals surface area contributed by atoms with Crippen molar-refractivity contribution in [2.45, 2.75) is 32.8 Å². The average Bonchev–Trinajstić information content (AvgIpc) is 3.23. The first-order valence-electron chi connectivity index (χ1n) is 9.89. The van der Waals surface area contributed by atoms with E-state index in [1.807, 2.05) is 32.0 Å². The Morgan fingerprint density at radius 2 is 2.00 bits per heavy atom. The molecule has 1 heterocycles. The minimum Gasteiger partial charge on any atom is -0.497 e. The van der Waals surface area contributed by atoms with Crippen LogP contribution in [-0.4, -0.2) is 49.6 Å². The van der Waals surface area contributed by atoms with Crippen LogP contribution in [0, 0.1) is 13.8 Å². The van der Waals surface area contributed by atoms with Gasteiger partial charge in [-0.25, -0.2) is 0 Å². The molecule has 0 bridgehead atoms. The van der Waals surface area contributed by atoms with Gasteiger partial charge in [-0.3, -0.25) is 9.59 Å². The van der Waals surface area contributed by atoms with Gasteiger partial charge in [0.05, 0.1) is 13.2 Å². The molecule has 1 saturated heterocycles. The minimum atomic E-state index is -0.229. The lowest BCUT2D eigenvalue weighted by molar-refractivity contribution is -0.117. The van der Waals surface area contributed by atoms with Crippen LogP contribution in [0.1, 0.15) is 34.3 Å². The van der Waals surface area contributed by atoms with E-state index in [2.05, 4.69) is 5.32 Å². The van der Waals surface area contributed by atoms with Gasteiger partial charge in [-0.15, -0.1) is 0 Å². The number of amides is 2. The normalized spacial score (nSPS) is 15.8. The fraction of sp³-hybridized carbons (Fsp3) is 0.391. The fourth-order valence-electron chi connectivity index (χ4n) is 3.44. The highest BCUT2D eigenvalue weighted by Gasteiger charge is 2.25. The average molecular weight is 396 g/mol. The highest BCUT2D eigenvalue weighted by atomic mass is 16.5. The van der Waals surface area contributed by atoms with Crippen LogP contribution in [-0.2, 0) is 9.53 Å². The zero-order valence-corrected chi connectivity index (χ0v) is 17.2. The van der Waals surface area contributed by atoms with E-state index in [1.54, 1.807) is 36.3 Å². The van der Waals surface area contributed by atoms with Crippen LogP contribution in [0.4, 0.5) is 5.69 Å². The number of aryl methyl sites for hydroxylation is 1.